The number of nitrogens with one attached hydrogen (secondary N) is 2. The van der Waals surface area contributed by atoms with Crippen molar-refractivity contribution in [3.63, 3.8) is 0 Å². The van der Waals surface area contributed by atoms with Crippen molar-refractivity contribution in [2.75, 3.05) is 13.7 Å². The monoisotopic (exact) mass is 312 g/mol. The normalized spacial score (nSPS) is 11.7. The van der Waals surface area contributed by atoms with Gasteiger partial charge in [-0.25, -0.2) is 0 Å². The Bertz CT molecular complexity index is 614. The van der Waals surface area contributed by atoms with E-state index in [1.165, 1.54) is 5.56 Å². The lowest BCUT2D eigenvalue weighted by Crippen LogP contribution is -2.26. The fourth-order valence-corrected chi connectivity index (χ4v) is 2.43. The molecule has 0 aliphatic rings. The molecule has 2 N–H and O–H groups in total. The number of ether oxygens (including phenoxy) is 1. The first kappa shape index (κ1) is 17.0. The number of carbonyl (C=O) groups is 1. The van der Waals surface area contributed by atoms with Crippen molar-refractivity contribution >= 4 is 5.91 Å². The molecule has 0 fully saturated rings. The molecule has 4 heteroatoms. The van der Waals surface area contributed by atoms with Crippen LogP contribution in [-0.2, 0) is 11.3 Å². The van der Waals surface area contributed by atoms with Crippen molar-refractivity contribution in [2.24, 2.45) is 0 Å². The third-order valence-corrected chi connectivity index (χ3v) is 3.74. The molecule has 0 saturated carbocycles. The van der Waals surface area contributed by atoms with Crippen molar-refractivity contribution < 1.29 is 9.53 Å². The standard InChI is InChI=1S/C19H24N2O2/c1-3-17(21-13-15-9-5-4-6-10-15)16-11-7-8-12-18(16)23-14-19(22)20-2/h4-12,17,21H,3,13-14H2,1-2H3,(H,20,22)/t17-/m0/s1. The molecular formula is C19H24N2O2. The molecule has 4 nitrogen and oxygen atoms in total. The van der Waals surface area contributed by atoms with Crippen LogP contribution >= 0.6 is 0 Å². The molecular weight excluding hydrogens is 288 g/mol. The van der Waals surface area contributed by atoms with E-state index in [0.29, 0.717) is 0 Å². The Morgan fingerprint density at radius 1 is 1.09 bits per heavy atom. The van der Waals surface area contributed by atoms with Gasteiger partial charge in [0.1, 0.15) is 5.75 Å². The van der Waals surface area contributed by atoms with Gasteiger partial charge in [-0.05, 0) is 18.1 Å². The van der Waals surface area contributed by atoms with Crippen LogP contribution in [0, 0.1) is 0 Å². The summed E-state index contributed by atoms with van der Waals surface area (Å²) in [5.41, 5.74) is 2.32. The first-order valence-corrected chi connectivity index (χ1v) is 7.94. The maximum atomic E-state index is 11.4. The molecule has 2 aromatic carbocycles. The fraction of sp³-hybridized carbons (Fsp3) is 0.316. The fourth-order valence-electron chi connectivity index (χ4n) is 2.43. The minimum Gasteiger partial charge on any atom is -0.483 e. The molecule has 122 valence electrons. The van der Waals surface area contributed by atoms with Crippen molar-refractivity contribution in [1.29, 1.82) is 0 Å². The van der Waals surface area contributed by atoms with Gasteiger partial charge in [-0.15, -0.1) is 0 Å². The summed E-state index contributed by atoms with van der Waals surface area (Å²) in [5.74, 6) is 0.619. The van der Waals surface area contributed by atoms with Crippen LogP contribution < -0.4 is 15.4 Å². The Morgan fingerprint density at radius 2 is 1.78 bits per heavy atom. The van der Waals surface area contributed by atoms with Gasteiger partial charge in [-0.3, -0.25) is 4.79 Å². The number of hydrogen-bond acceptors (Lipinski definition) is 3. The van der Waals surface area contributed by atoms with Crippen LogP contribution in [-0.4, -0.2) is 19.6 Å². The number of amides is 1. The zero-order valence-electron chi connectivity index (χ0n) is 13.7. The van der Waals surface area contributed by atoms with Gasteiger partial charge in [0.15, 0.2) is 6.61 Å². The summed E-state index contributed by atoms with van der Waals surface area (Å²) in [6.07, 6.45) is 0.938. The van der Waals surface area contributed by atoms with Gasteiger partial charge in [0.05, 0.1) is 0 Å². The highest BCUT2D eigenvalue weighted by Gasteiger charge is 2.14. The lowest BCUT2D eigenvalue weighted by Gasteiger charge is -2.20. The van der Waals surface area contributed by atoms with Crippen molar-refractivity contribution in [3.05, 3.63) is 65.7 Å². The van der Waals surface area contributed by atoms with Crippen LogP contribution in [0.1, 0.15) is 30.5 Å². The van der Waals surface area contributed by atoms with E-state index in [4.69, 9.17) is 4.74 Å². The Hall–Kier alpha value is -2.33. The number of para-hydroxylation sites is 1. The largest absolute Gasteiger partial charge is 0.483 e. The first-order valence-electron chi connectivity index (χ1n) is 7.94. The number of likely N-dealkylation sites (N-methyl/N-ethyl adjacent to an activating group) is 1. The molecule has 23 heavy (non-hydrogen) atoms. The molecule has 0 aromatic heterocycles. The molecule has 0 bridgehead atoms. The number of benzene rings is 2. The van der Waals surface area contributed by atoms with Crippen molar-refractivity contribution in [2.45, 2.75) is 25.9 Å². The minimum absolute atomic E-state index is 0.0304. The van der Waals surface area contributed by atoms with Crippen LogP contribution in [0.15, 0.2) is 54.6 Å². The SMILES string of the molecule is CC[C@H](NCc1ccccc1)c1ccccc1OCC(=O)NC. The maximum Gasteiger partial charge on any atom is 0.257 e. The predicted octanol–water partition coefficient (Wildman–Crippen LogP) is 3.05. The molecule has 2 aromatic rings. The molecule has 1 amide bonds. The molecule has 0 saturated heterocycles. The van der Waals surface area contributed by atoms with Gasteiger partial charge >= 0.3 is 0 Å². The van der Waals surface area contributed by atoms with Gasteiger partial charge in [-0.1, -0.05) is 55.5 Å². The van der Waals surface area contributed by atoms with Gasteiger partial charge < -0.3 is 15.4 Å². The van der Waals surface area contributed by atoms with E-state index in [9.17, 15) is 4.79 Å². The van der Waals surface area contributed by atoms with Gasteiger partial charge in [0.2, 0.25) is 0 Å². The van der Waals surface area contributed by atoms with E-state index in [-0.39, 0.29) is 18.6 Å². The molecule has 0 spiro atoms. The smallest absolute Gasteiger partial charge is 0.257 e. The average molecular weight is 312 g/mol. The Morgan fingerprint density at radius 3 is 2.48 bits per heavy atom. The molecule has 2 rings (SSSR count). The molecule has 1 atom stereocenters. The molecule has 0 radical (unpaired) electrons. The van der Waals surface area contributed by atoms with Crippen LogP contribution in [0.3, 0.4) is 0 Å². The van der Waals surface area contributed by atoms with Crippen LogP contribution in [0.2, 0.25) is 0 Å². The number of rotatable bonds is 8. The number of hydrogen-bond donors (Lipinski definition) is 2. The highest BCUT2D eigenvalue weighted by molar-refractivity contribution is 5.77. The second-order valence-corrected chi connectivity index (χ2v) is 5.33. The summed E-state index contributed by atoms with van der Waals surface area (Å²) in [6, 6.07) is 18.4. The number of carbonyl (C=O) groups excluding carboxylic acids is 1. The second kappa shape index (κ2) is 8.96. The van der Waals surface area contributed by atoms with Crippen molar-refractivity contribution in [1.82, 2.24) is 10.6 Å². The zero-order chi connectivity index (χ0) is 16.5. The first-order chi connectivity index (χ1) is 11.2. The van der Waals surface area contributed by atoms with Gasteiger partial charge in [0, 0.05) is 25.2 Å². The van der Waals surface area contributed by atoms with Crippen LogP contribution in [0.4, 0.5) is 0 Å². The Balaban J connectivity index is 2.06. The average Bonchev–Trinajstić information content (AvgIpc) is 2.62. The minimum atomic E-state index is -0.134. The van der Waals surface area contributed by atoms with E-state index < -0.39 is 0 Å². The Kier molecular flexibility index (Phi) is 6.63. The lowest BCUT2D eigenvalue weighted by atomic mass is 10.0. The Labute approximate surface area is 137 Å². The third kappa shape index (κ3) is 5.11. The quantitative estimate of drug-likeness (QED) is 0.787. The van der Waals surface area contributed by atoms with Gasteiger partial charge in [-0.2, -0.15) is 0 Å². The zero-order valence-corrected chi connectivity index (χ0v) is 13.7. The molecule has 0 unspecified atom stereocenters. The maximum absolute atomic E-state index is 11.4. The van der Waals surface area contributed by atoms with Crippen molar-refractivity contribution in [3.8, 4) is 5.75 Å². The molecule has 0 aliphatic heterocycles. The molecule has 0 aliphatic carbocycles. The van der Waals surface area contributed by atoms with Gasteiger partial charge in [0.25, 0.3) is 5.91 Å². The summed E-state index contributed by atoms with van der Waals surface area (Å²) in [4.78, 5) is 11.4. The molecule has 0 heterocycles. The summed E-state index contributed by atoms with van der Waals surface area (Å²) in [7, 11) is 1.61. The topological polar surface area (TPSA) is 50.4 Å². The van der Waals surface area contributed by atoms with E-state index in [1.54, 1.807) is 7.05 Å². The predicted molar refractivity (Wildman–Crippen MR) is 92.3 cm³/mol. The van der Waals surface area contributed by atoms with E-state index in [2.05, 4.69) is 29.7 Å². The highest BCUT2D eigenvalue weighted by Crippen LogP contribution is 2.27. The van der Waals surface area contributed by atoms with E-state index in [1.807, 2.05) is 42.5 Å². The van der Waals surface area contributed by atoms with Crippen LogP contribution in [0.5, 0.6) is 5.75 Å². The summed E-state index contributed by atoms with van der Waals surface area (Å²) >= 11 is 0. The summed E-state index contributed by atoms with van der Waals surface area (Å²) in [6.45, 7) is 2.96. The summed E-state index contributed by atoms with van der Waals surface area (Å²) < 4.78 is 5.67. The second-order valence-electron chi connectivity index (χ2n) is 5.33. The van der Waals surface area contributed by atoms with Crippen LogP contribution in [0.25, 0.3) is 0 Å². The van der Waals surface area contributed by atoms with E-state index in [0.717, 1.165) is 24.3 Å². The summed E-state index contributed by atoms with van der Waals surface area (Å²) in [5, 5.41) is 6.13. The van der Waals surface area contributed by atoms with E-state index >= 15 is 0 Å². The highest BCUT2D eigenvalue weighted by atomic mass is 16.5. The lowest BCUT2D eigenvalue weighted by molar-refractivity contribution is -0.122. The third-order valence-electron chi connectivity index (χ3n) is 3.74.